The van der Waals surface area contributed by atoms with Crippen LogP contribution in [0.15, 0.2) is 10.9 Å². The quantitative estimate of drug-likeness (QED) is 0.344. The average Bonchev–Trinajstić information content (AvgIpc) is 2.85. The van der Waals surface area contributed by atoms with Crippen molar-refractivity contribution in [3.8, 4) is 0 Å². The molecule has 202 valence electrons. The molecule has 0 aromatic carbocycles. The highest BCUT2D eigenvalue weighted by Crippen LogP contribution is 2.27. The van der Waals surface area contributed by atoms with E-state index in [1.807, 2.05) is 4.57 Å². The maximum atomic E-state index is 13.7. The van der Waals surface area contributed by atoms with E-state index in [1.54, 1.807) is 6.07 Å². The summed E-state index contributed by atoms with van der Waals surface area (Å²) >= 11 is 0. The van der Waals surface area contributed by atoms with Gasteiger partial charge in [-0.1, -0.05) is 32.1 Å². The van der Waals surface area contributed by atoms with Gasteiger partial charge in [-0.2, -0.15) is 0 Å². The topological polar surface area (TPSA) is 141 Å². The van der Waals surface area contributed by atoms with Crippen molar-refractivity contribution in [2.24, 2.45) is 5.92 Å². The molecule has 9 heteroatoms. The third kappa shape index (κ3) is 6.55. The van der Waals surface area contributed by atoms with Gasteiger partial charge in [0.1, 0.15) is 16.6 Å². The van der Waals surface area contributed by atoms with E-state index in [2.05, 4.69) is 10.6 Å². The van der Waals surface area contributed by atoms with Crippen molar-refractivity contribution in [3.05, 3.63) is 33.2 Å². The third-order valence-electron chi connectivity index (χ3n) is 7.79. The minimum absolute atomic E-state index is 0.0312. The van der Waals surface area contributed by atoms with Gasteiger partial charge in [0.25, 0.3) is 11.5 Å². The van der Waals surface area contributed by atoms with Gasteiger partial charge in [-0.3, -0.25) is 14.4 Å². The molecule has 3 rings (SSSR count). The van der Waals surface area contributed by atoms with Crippen molar-refractivity contribution in [1.82, 2.24) is 15.2 Å². The smallest absolute Gasteiger partial charge is 0.263 e. The van der Waals surface area contributed by atoms with Crippen molar-refractivity contribution in [2.45, 2.75) is 102 Å². The zero-order valence-corrected chi connectivity index (χ0v) is 21.8. The number of nitrogens with one attached hydrogen (secondary N) is 2. The first-order valence-electron chi connectivity index (χ1n) is 13.4. The van der Waals surface area contributed by atoms with Gasteiger partial charge in [0.05, 0.1) is 19.8 Å². The zero-order chi connectivity index (χ0) is 26.3. The molecule has 5 N–H and O–H groups in total. The number of rotatable bonds is 9. The van der Waals surface area contributed by atoms with Gasteiger partial charge in [0.15, 0.2) is 0 Å². The predicted molar refractivity (Wildman–Crippen MR) is 137 cm³/mol. The summed E-state index contributed by atoms with van der Waals surface area (Å²) in [6.07, 6.45) is 11.7. The first-order chi connectivity index (χ1) is 17.2. The molecule has 0 saturated heterocycles. The molecule has 0 spiro atoms. The Balaban J connectivity index is 1.91. The lowest BCUT2D eigenvalue weighted by molar-refractivity contribution is -0.130. The fraction of sp³-hybridized carbons (Fsp3) is 0.741. The van der Waals surface area contributed by atoms with Crippen LogP contribution in [-0.2, 0) is 24.2 Å². The summed E-state index contributed by atoms with van der Waals surface area (Å²) in [5, 5.41) is 33.7. The number of aliphatic hydroxyl groups excluding tert-OH is 3. The standard InChI is InChI=1S/C27H43N3O6/c1-26(2,25(36)29-27(16-31,17-32)18-33)28-23(34)21-14-20-12-8-3-4-9-13-22(20)30(24(21)35)15-19-10-6-5-7-11-19/h14,19,31-33H,3-13,15-18H2,1-2H3,(H,28,34)(H,29,36). The molecule has 1 heterocycles. The van der Waals surface area contributed by atoms with Gasteiger partial charge in [0.2, 0.25) is 5.91 Å². The molecule has 1 fully saturated rings. The Labute approximate surface area is 213 Å². The van der Waals surface area contributed by atoms with Gasteiger partial charge >= 0.3 is 0 Å². The van der Waals surface area contributed by atoms with Crippen molar-refractivity contribution < 1.29 is 24.9 Å². The van der Waals surface area contributed by atoms with Gasteiger partial charge < -0.3 is 30.5 Å². The van der Waals surface area contributed by atoms with E-state index in [0.29, 0.717) is 12.5 Å². The number of aromatic nitrogens is 1. The minimum Gasteiger partial charge on any atom is -0.394 e. The number of aryl methyl sites for hydroxylation is 1. The molecule has 9 nitrogen and oxygen atoms in total. The van der Waals surface area contributed by atoms with Crippen LogP contribution in [0.5, 0.6) is 0 Å². The van der Waals surface area contributed by atoms with Crippen LogP contribution in [0.25, 0.3) is 0 Å². The number of hydrogen-bond donors (Lipinski definition) is 5. The summed E-state index contributed by atoms with van der Waals surface area (Å²) in [4.78, 5) is 40.0. The number of pyridine rings is 1. The number of fused-ring (bicyclic) bond motifs is 1. The molecule has 0 bridgehead atoms. The van der Waals surface area contributed by atoms with E-state index in [1.165, 1.54) is 33.1 Å². The van der Waals surface area contributed by atoms with Crippen LogP contribution in [0.1, 0.15) is 93.3 Å². The molecule has 0 aliphatic heterocycles. The molecule has 1 saturated carbocycles. The first-order valence-corrected chi connectivity index (χ1v) is 13.4. The lowest BCUT2D eigenvalue weighted by atomic mass is 9.88. The number of amides is 2. The van der Waals surface area contributed by atoms with Crippen LogP contribution in [0.4, 0.5) is 0 Å². The van der Waals surface area contributed by atoms with E-state index in [0.717, 1.165) is 62.6 Å². The summed E-state index contributed by atoms with van der Waals surface area (Å²) < 4.78 is 1.84. The second kappa shape index (κ2) is 12.3. The summed E-state index contributed by atoms with van der Waals surface area (Å²) in [5.41, 5.74) is -1.27. The molecule has 2 amide bonds. The Hall–Kier alpha value is -2.23. The van der Waals surface area contributed by atoms with Crippen molar-refractivity contribution >= 4 is 11.8 Å². The lowest BCUT2D eigenvalue weighted by Gasteiger charge is -2.34. The summed E-state index contributed by atoms with van der Waals surface area (Å²) in [7, 11) is 0. The van der Waals surface area contributed by atoms with Crippen molar-refractivity contribution in [3.63, 3.8) is 0 Å². The van der Waals surface area contributed by atoms with Gasteiger partial charge in [-0.25, -0.2) is 0 Å². The van der Waals surface area contributed by atoms with Crippen LogP contribution >= 0.6 is 0 Å². The minimum atomic E-state index is -1.62. The molecule has 1 aromatic rings. The fourth-order valence-electron chi connectivity index (χ4n) is 5.29. The Kier molecular flexibility index (Phi) is 9.72. The molecule has 2 aliphatic carbocycles. The van der Waals surface area contributed by atoms with E-state index < -0.39 is 42.7 Å². The van der Waals surface area contributed by atoms with Crippen molar-refractivity contribution in [2.75, 3.05) is 19.8 Å². The van der Waals surface area contributed by atoms with E-state index in [4.69, 9.17) is 0 Å². The highest BCUT2D eigenvalue weighted by Gasteiger charge is 2.38. The van der Waals surface area contributed by atoms with E-state index in [9.17, 15) is 29.7 Å². The van der Waals surface area contributed by atoms with E-state index in [-0.39, 0.29) is 11.1 Å². The van der Waals surface area contributed by atoms with E-state index >= 15 is 0 Å². The van der Waals surface area contributed by atoms with Crippen LogP contribution in [-0.4, -0.2) is 62.6 Å². The second-order valence-corrected chi connectivity index (χ2v) is 11.2. The zero-order valence-electron chi connectivity index (χ0n) is 21.8. The fourth-order valence-corrected chi connectivity index (χ4v) is 5.29. The largest absolute Gasteiger partial charge is 0.394 e. The van der Waals surface area contributed by atoms with Crippen LogP contribution < -0.4 is 16.2 Å². The summed E-state index contributed by atoms with van der Waals surface area (Å²) in [6.45, 7) is 1.56. The monoisotopic (exact) mass is 505 g/mol. The number of carbonyl (C=O) groups is 2. The molecule has 0 atom stereocenters. The maximum Gasteiger partial charge on any atom is 0.263 e. The molecular weight excluding hydrogens is 462 g/mol. The second-order valence-electron chi connectivity index (χ2n) is 11.2. The number of hydrogen-bond acceptors (Lipinski definition) is 6. The Morgan fingerprint density at radius 2 is 1.50 bits per heavy atom. The van der Waals surface area contributed by atoms with Gasteiger partial charge in [-0.05, 0) is 69.9 Å². The third-order valence-corrected chi connectivity index (χ3v) is 7.79. The molecular formula is C27H43N3O6. The van der Waals surface area contributed by atoms with Crippen LogP contribution in [0.3, 0.4) is 0 Å². The molecule has 0 unspecified atom stereocenters. The lowest BCUT2D eigenvalue weighted by Crippen LogP contribution is -2.64. The molecule has 1 aromatic heterocycles. The highest BCUT2D eigenvalue weighted by atomic mass is 16.3. The Bertz CT molecular complexity index is 968. The highest BCUT2D eigenvalue weighted by molar-refractivity contribution is 5.99. The Morgan fingerprint density at radius 1 is 0.917 bits per heavy atom. The van der Waals surface area contributed by atoms with Crippen LogP contribution in [0, 0.1) is 5.92 Å². The maximum absolute atomic E-state index is 13.7. The van der Waals surface area contributed by atoms with Gasteiger partial charge in [-0.15, -0.1) is 0 Å². The summed E-state index contributed by atoms with van der Waals surface area (Å²) in [6, 6.07) is 1.71. The molecule has 0 radical (unpaired) electrons. The number of nitrogens with zero attached hydrogens (tertiary/aromatic N) is 1. The average molecular weight is 506 g/mol. The molecule has 36 heavy (non-hydrogen) atoms. The van der Waals surface area contributed by atoms with Crippen LogP contribution in [0.2, 0.25) is 0 Å². The van der Waals surface area contributed by atoms with Crippen molar-refractivity contribution in [1.29, 1.82) is 0 Å². The number of carbonyl (C=O) groups excluding carboxylic acids is 2. The summed E-state index contributed by atoms with van der Waals surface area (Å²) in [5.74, 6) is -0.901. The SMILES string of the molecule is CC(C)(NC(=O)c1cc2c(n(CC3CCCCC3)c1=O)CCCCCC2)C(=O)NC(CO)(CO)CO. The van der Waals surface area contributed by atoms with Gasteiger partial charge in [0, 0.05) is 12.2 Å². The molecule has 2 aliphatic rings. The first kappa shape index (κ1) is 28.3. The number of aliphatic hydroxyl groups is 3. The predicted octanol–water partition coefficient (Wildman–Crippen LogP) is 1.43. The Morgan fingerprint density at radius 3 is 2.11 bits per heavy atom. The normalized spacial score (nSPS) is 17.6.